The highest BCUT2D eigenvalue weighted by molar-refractivity contribution is 5.83. The molecule has 6 atom stereocenters. The molecule has 0 aromatic carbocycles. The Labute approximate surface area is 218 Å². The van der Waals surface area contributed by atoms with Crippen LogP contribution in [0.2, 0.25) is 0 Å². The summed E-state index contributed by atoms with van der Waals surface area (Å²) < 4.78 is 98.9. The second-order valence-electron chi connectivity index (χ2n) is 9.79. The lowest BCUT2D eigenvalue weighted by Gasteiger charge is -2.39. The molecule has 0 saturated carbocycles. The van der Waals surface area contributed by atoms with Gasteiger partial charge in [-0.2, -0.15) is 26.3 Å². The van der Waals surface area contributed by atoms with Crippen LogP contribution in [0.5, 0.6) is 0 Å². The van der Waals surface area contributed by atoms with Crippen LogP contribution in [-0.4, -0.2) is 96.0 Å². The number of amides is 2. The normalized spacial score (nSPS) is 29.5. The van der Waals surface area contributed by atoms with Gasteiger partial charge in [0.2, 0.25) is 11.9 Å². The van der Waals surface area contributed by atoms with Crippen molar-refractivity contribution in [1.82, 2.24) is 31.0 Å². The largest absolute Gasteiger partial charge is 0.419 e. The minimum Gasteiger partial charge on any atom is -0.367 e. The van der Waals surface area contributed by atoms with Gasteiger partial charge in [0.1, 0.15) is 12.3 Å². The predicted octanol–water partition coefficient (Wildman–Crippen LogP) is 1.19. The van der Waals surface area contributed by atoms with Crippen LogP contribution in [-0.2, 0) is 20.5 Å². The van der Waals surface area contributed by atoms with E-state index in [1.54, 1.807) is 6.92 Å². The van der Waals surface area contributed by atoms with E-state index in [4.69, 9.17) is 4.74 Å². The highest BCUT2D eigenvalue weighted by Crippen LogP contribution is 2.32. The number of ether oxygens (including phenoxy) is 1. The Bertz CT molecular complexity index is 1030. The molecule has 1 aromatic heterocycles. The lowest BCUT2D eigenvalue weighted by molar-refractivity contribution is -0.193. The molecule has 3 aliphatic rings. The second kappa shape index (κ2) is 11.4. The number of hydrogen-bond acceptors (Lipinski definition) is 8. The van der Waals surface area contributed by atoms with Gasteiger partial charge in [0.25, 0.3) is 5.91 Å². The van der Waals surface area contributed by atoms with Crippen LogP contribution >= 0.6 is 0 Å². The monoisotopic (exact) mass is 571 g/mol. The number of halogens is 7. The summed E-state index contributed by atoms with van der Waals surface area (Å²) in [5.41, 5.74) is 3.36. The molecule has 10 nitrogen and oxygen atoms in total. The number of nitrogens with one attached hydrogen (secondary N) is 3. The Hall–Kier alpha value is -2.79. The van der Waals surface area contributed by atoms with E-state index in [0.717, 1.165) is 0 Å². The highest BCUT2D eigenvalue weighted by Gasteiger charge is 2.51. The Balaban J connectivity index is 1.27. The van der Waals surface area contributed by atoms with E-state index in [9.17, 15) is 35.9 Å². The van der Waals surface area contributed by atoms with Crippen LogP contribution < -0.4 is 21.1 Å². The van der Waals surface area contributed by atoms with Crippen molar-refractivity contribution in [2.75, 3.05) is 37.7 Å². The number of carbonyl (C=O) groups excluding carboxylic acids is 2. The molecular weight excluding hydrogens is 543 g/mol. The zero-order valence-electron chi connectivity index (χ0n) is 20.7. The number of nitrogens with zero attached hydrogens (tertiary/aromatic N) is 4. The van der Waals surface area contributed by atoms with E-state index in [1.165, 1.54) is 9.80 Å². The van der Waals surface area contributed by atoms with Crippen molar-refractivity contribution in [3.8, 4) is 0 Å². The molecule has 218 valence electrons. The van der Waals surface area contributed by atoms with Crippen molar-refractivity contribution in [2.45, 2.75) is 62.5 Å². The van der Waals surface area contributed by atoms with Gasteiger partial charge in [-0.05, 0) is 13.3 Å². The van der Waals surface area contributed by atoms with E-state index < -0.39 is 66.0 Å². The maximum Gasteiger partial charge on any atom is 0.419 e. The third-order valence-corrected chi connectivity index (χ3v) is 6.96. The summed E-state index contributed by atoms with van der Waals surface area (Å²) in [5.74, 6) is -3.93. The lowest BCUT2D eigenvalue weighted by atomic mass is 9.96. The van der Waals surface area contributed by atoms with E-state index in [2.05, 4.69) is 20.7 Å². The van der Waals surface area contributed by atoms with Gasteiger partial charge >= 0.3 is 12.4 Å². The molecule has 0 spiro atoms. The average Bonchev–Trinajstić information content (AvgIpc) is 3.21. The number of likely N-dealkylation sites (tertiary alicyclic amines) is 1. The molecule has 3 saturated heterocycles. The summed E-state index contributed by atoms with van der Waals surface area (Å²) in [6.45, 7) is 1.51. The number of aromatic nitrogens is 2. The quantitative estimate of drug-likeness (QED) is 0.419. The molecule has 4 rings (SSSR count). The molecular formula is C22H28F7N7O3. The first-order chi connectivity index (χ1) is 18.3. The first-order valence-corrected chi connectivity index (χ1v) is 12.3. The molecule has 0 aliphatic carbocycles. The summed E-state index contributed by atoms with van der Waals surface area (Å²) >= 11 is 0. The van der Waals surface area contributed by atoms with E-state index in [1.807, 2.05) is 5.43 Å². The SMILES string of the molecule is C[C@@H](CO[C@@H]1CCN([C@H]2CCN(c3ncc(C(F)(F)F)cn3)C[C@@H]2F)C1=O)NC1CNNC(=O)C1C(F)(F)F. The topological polar surface area (TPSA) is 112 Å². The summed E-state index contributed by atoms with van der Waals surface area (Å²) in [5, 5.41) is 2.73. The first kappa shape index (κ1) is 29.2. The fourth-order valence-electron chi connectivity index (χ4n) is 5.05. The van der Waals surface area contributed by atoms with Gasteiger partial charge < -0.3 is 19.9 Å². The summed E-state index contributed by atoms with van der Waals surface area (Å²) in [7, 11) is 0. The van der Waals surface area contributed by atoms with Gasteiger partial charge in [-0.3, -0.25) is 15.0 Å². The standard InChI is InChI=1S/C22H28F7N7O3/c1-11(33-14-8-32-34-18(37)17(14)22(27,28)29)10-39-16-3-5-36(19(16)38)15-2-4-35(9-13(15)23)20-30-6-12(7-31-20)21(24,25)26/h6-7,11,13-17,32-33H,2-5,8-10H2,1H3,(H,34,37)/t11-,13-,14?,15-,16+,17?/m0/s1. The fraction of sp³-hybridized carbons (Fsp3) is 0.727. The van der Waals surface area contributed by atoms with Crippen molar-refractivity contribution in [1.29, 1.82) is 0 Å². The third-order valence-electron chi connectivity index (χ3n) is 6.96. The number of carbonyl (C=O) groups is 2. The van der Waals surface area contributed by atoms with Gasteiger partial charge in [0, 0.05) is 50.5 Å². The Kier molecular flexibility index (Phi) is 8.51. The lowest BCUT2D eigenvalue weighted by Crippen LogP contribution is -2.65. The molecule has 2 unspecified atom stereocenters. The number of rotatable bonds is 7. The number of alkyl halides is 7. The number of anilines is 1. The van der Waals surface area contributed by atoms with Crippen LogP contribution in [0.3, 0.4) is 0 Å². The van der Waals surface area contributed by atoms with Crippen molar-refractivity contribution < 1.29 is 45.1 Å². The molecule has 3 aliphatic heterocycles. The van der Waals surface area contributed by atoms with Crippen LogP contribution in [0.15, 0.2) is 12.4 Å². The number of hydrazine groups is 1. The Morgan fingerprint density at radius 1 is 1.13 bits per heavy atom. The highest BCUT2D eigenvalue weighted by atomic mass is 19.4. The molecule has 2 amide bonds. The third kappa shape index (κ3) is 6.69. The van der Waals surface area contributed by atoms with E-state index in [0.29, 0.717) is 12.4 Å². The molecule has 0 radical (unpaired) electrons. The van der Waals surface area contributed by atoms with E-state index in [-0.39, 0.29) is 51.6 Å². The van der Waals surface area contributed by atoms with Gasteiger partial charge in [-0.1, -0.05) is 0 Å². The molecule has 17 heteroatoms. The molecule has 1 aromatic rings. The summed E-state index contributed by atoms with van der Waals surface area (Å²) in [4.78, 5) is 34.8. The first-order valence-electron chi connectivity index (χ1n) is 12.3. The Morgan fingerprint density at radius 3 is 2.44 bits per heavy atom. The molecule has 3 fully saturated rings. The van der Waals surface area contributed by atoms with Crippen LogP contribution in [0, 0.1) is 5.92 Å². The van der Waals surface area contributed by atoms with Gasteiger partial charge in [0.05, 0.1) is 24.8 Å². The summed E-state index contributed by atoms with van der Waals surface area (Å²) in [6, 6.07) is -2.64. The fourth-order valence-corrected chi connectivity index (χ4v) is 5.05. The second-order valence-corrected chi connectivity index (χ2v) is 9.79. The zero-order chi connectivity index (χ0) is 28.5. The van der Waals surface area contributed by atoms with Gasteiger partial charge in [-0.15, -0.1) is 0 Å². The number of piperidine rings is 1. The summed E-state index contributed by atoms with van der Waals surface area (Å²) in [6.07, 6.45) is -10.0. The minimum atomic E-state index is -4.75. The smallest absolute Gasteiger partial charge is 0.367 e. The predicted molar refractivity (Wildman–Crippen MR) is 121 cm³/mol. The van der Waals surface area contributed by atoms with Crippen LogP contribution in [0.1, 0.15) is 25.3 Å². The minimum absolute atomic E-state index is 0.0436. The molecule has 0 bridgehead atoms. The van der Waals surface area contributed by atoms with Gasteiger partial charge in [-0.25, -0.2) is 19.8 Å². The van der Waals surface area contributed by atoms with Gasteiger partial charge in [0.15, 0.2) is 5.92 Å². The van der Waals surface area contributed by atoms with Crippen molar-refractivity contribution in [3.63, 3.8) is 0 Å². The van der Waals surface area contributed by atoms with Crippen LogP contribution in [0.25, 0.3) is 0 Å². The van der Waals surface area contributed by atoms with E-state index >= 15 is 4.39 Å². The zero-order valence-corrected chi connectivity index (χ0v) is 20.7. The Morgan fingerprint density at radius 2 is 1.82 bits per heavy atom. The molecule has 39 heavy (non-hydrogen) atoms. The maximum absolute atomic E-state index is 15.1. The maximum atomic E-state index is 15.1. The molecule has 3 N–H and O–H groups in total. The van der Waals surface area contributed by atoms with Crippen LogP contribution in [0.4, 0.5) is 36.7 Å². The average molecular weight is 571 g/mol. The van der Waals surface area contributed by atoms with Crippen molar-refractivity contribution in [2.24, 2.45) is 5.92 Å². The molecule has 4 heterocycles. The number of hydrogen-bond donors (Lipinski definition) is 3. The van der Waals surface area contributed by atoms with Crippen molar-refractivity contribution in [3.05, 3.63) is 18.0 Å². The van der Waals surface area contributed by atoms with Crippen molar-refractivity contribution >= 4 is 17.8 Å².